The van der Waals surface area contributed by atoms with Gasteiger partial charge in [0.05, 0.1) is 11.6 Å². The van der Waals surface area contributed by atoms with Crippen LogP contribution in [0.2, 0.25) is 0 Å². The monoisotopic (exact) mass is 236 g/mol. The molecule has 0 saturated carbocycles. The van der Waals surface area contributed by atoms with Gasteiger partial charge in [0, 0.05) is 25.3 Å². The first-order chi connectivity index (χ1) is 8.27. The van der Waals surface area contributed by atoms with Gasteiger partial charge in [-0.05, 0) is 32.0 Å². The molecule has 0 atom stereocenters. The molecule has 0 unspecified atom stereocenters. The summed E-state index contributed by atoms with van der Waals surface area (Å²) in [4.78, 5) is 0. The molecule has 0 saturated heterocycles. The molecule has 0 fully saturated rings. The molecule has 3 nitrogen and oxygen atoms in total. The van der Waals surface area contributed by atoms with E-state index in [0.717, 1.165) is 26.2 Å². The van der Waals surface area contributed by atoms with E-state index in [4.69, 9.17) is 10.00 Å². The maximum atomic E-state index is 13.5. The third kappa shape index (κ3) is 4.94. The maximum absolute atomic E-state index is 13.5. The van der Waals surface area contributed by atoms with Crippen LogP contribution in [0.25, 0.3) is 0 Å². The Morgan fingerprint density at radius 3 is 2.94 bits per heavy atom. The highest BCUT2D eigenvalue weighted by atomic mass is 19.1. The number of hydrogen-bond donors (Lipinski definition) is 1. The molecular formula is C13H17FN2O. The van der Waals surface area contributed by atoms with Crippen LogP contribution in [0.15, 0.2) is 18.2 Å². The molecule has 1 aromatic rings. The highest BCUT2D eigenvalue weighted by Gasteiger charge is 2.02. The van der Waals surface area contributed by atoms with E-state index in [0.29, 0.717) is 17.7 Å². The lowest BCUT2D eigenvalue weighted by molar-refractivity contribution is 0.144. The van der Waals surface area contributed by atoms with Gasteiger partial charge in [0.2, 0.25) is 0 Å². The van der Waals surface area contributed by atoms with E-state index in [-0.39, 0.29) is 5.82 Å². The molecule has 0 aliphatic heterocycles. The Labute approximate surface area is 101 Å². The lowest BCUT2D eigenvalue weighted by atomic mass is 10.1. The Kier molecular flexibility index (Phi) is 6.23. The number of rotatable bonds is 7. The van der Waals surface area contributed by atoms with E-state index in [1.807, 2.05) is 13.0 Å². The van der Waals surface area contributed by atoms with Crippen LogP contribution in [0, 0.1) is 17.1 Å². The van der Waals surface area contributed by atoms with Crippen molar-refractivity contribution in [3.63, 3.8) is 0 Å². The van der Waals surface area contributed by atoms with E-state index >= 15 is 0 Å². The van der Waals surface area contributed by atoms with Crippen molar-refractivity contribution in [3.8, 4) is 6.07 Å². The first kappa shape index (κ1) is 13.6. The quantitative estimate of drug-likeness (QED) is 0.738. The van der Waals surface area contributed by atoms with Crippen LogP contribution in [-0.2, 0) is 11.3 Å². The first-order valence-electron chi connectivity index (χ1n) is 5.75. The van der Waals surface area contributed by atoms with Gasteiger partial charge >= 0.3 is 0 Å². The molecule has 1 N–H and O–H groups in total. The van der Waals surface area contributed by atoms with Gasteiger partial charge in [0.25, 0.3) is 0 Å². The molecule has 0 heterocycles. The lowest BCUT2D eigenvalue weighted by Crippen LogP contribution is -2.17. The van der Waals surface area contributed by atoms with Crippen LogP contribution in [0.5, 0.6) is 0 Å². The summed E-state index contributed by atoms with van der Waals surface area (Å²) in [5.74, 6) is -0.332. The van der Waals surface area contributed by atoms with E-state index in [1.54, 1.807) is 12.1 Å². The highest BCUT2D eigenvalue weighted by Crippen LogP contribution is 2.09. The molecular weight excluding hydrogens is 219 g/mol. The molecule has 0 aliphatic carbocycles. The Morgan fingerprint density at radius 1 is 1.47 bits per heavy atom. The SMILES string of the molecule is CCOCCCNCc1ccc(C#N)cc1F. The minimum Gasteiger partial charge on any atom is -0.382 e. The van der Waals surface area contributed by atoms with Crippen LogP contribution in [0.3, 0.4) is 0 Å². The Balaban J connectivity index is 2.30. The van der Waals surface area contributed by atoms with Crippen molar-refractivity contribution in [2.24, 2.45) is 0 Å². The number of nitriles is 1. The zero-order chi connectivity index (χ0) is 12.5. The average Bonchev–Trinajstić information content (AvgIpc) is 2.35. The van der Waals surface area contributed by atoms with Gasteiger partial charge in [0.1, 0.15) is 5.82 Å². The van der Waals surface area contributed by atoms with Gasteiger partial charge in [0.15, 0.2) is 0 Å². The van der Waals surface area contributed by atoms with Crippen LogP contribution < -0.4 is 5.32 Å². The molecule has 1 rings (SSSR count). The topological polar surface area (TPSA) is 45.0 Å². The summed E-state index contributed by atoms with van der Waals surface area (Å²) in [5.41, 5.74) is 0.933. The summed E-state index contributed by atoms with van der Waals surface area (Å²) in [6.07, 6.45) is 0.908. The highest BCUT2D eigenvalue weighted by molar-refractivity contribution is 5.32. The number of nitrogens with zero attached hydrogens (tertiary/aromatic N) is 1. The number of halogens is 1. The second-order valence-corrected chi connectivity index (χ2v) is 3.65. The van der Waals surface area contributed by atoms with Gasteiger partial charge in [-0.1, -0.05) is 6.07 Å². The molecule has 92 valence electrons. The van der Waals surface area contributed by atoms with E-state index < -0.39 is 0 Å². The first-order valence-corrected chi connectivity index (χ1v) is 5.75. The summed E-state index contributed by atoms with van der Waals surface area (Å²) in [7, 11) is 0. The van der Waals surface area contributed by atoms with Gasteiger partial charge < -0.3 is 10.1 Å². The minimum atomic E-state index is -0.332. The Bertz CT molecular complexity index is 387. The molecule has 1 aromatic carbocycles. The van der Waals surface area contributed by atoms with Gasteiger partial charge in [-0.2, -0.15) is 5.26 Å². The third-order valence-electron chi connectivity index (χ3n) is 2.34. The average molecular weight is 236 g/mol. The molecule has 0 aliphatic rings. The molecule has 4 heteroatoms. The zero-order valence-corrected chi connectivity index (χ0v) is 10.0. The molecule has 0 spiro atoms. The van der Waals surface area contributed by atoms with Crippen molar-refractivity contribution >= 4 is 0 Å². The predicted octanol–water partition coefficient (Wildman–Crippen LogP) is 2.21. The second kappa shape index (κ2) is 7.77. The van der Waals surface area contributed by atoms with Crippen molar-refractivity contribution in [2.45, 2.75) is 19.9 Å². The fraction of sp³-hybridized carbons (Fsp3) is 0.462. The molecule has 0 amide bonds. The summed E-state index contributed by atoms with van der Waals surface area (Å²) < 4.78 is 18.6. The Morgan fingerprint density at radius 2 is 2.29 bits per heavy atom. The molecule has 0 radical (unpaired) electrons. The lowest BCUT2D eigenvalue weighted by Gasteiger charge is -2.06. The standard InChI is InChI=1S/C13H17FN2O/c1-2-17-7-3-6-16-10-12-5-4-11(9-15)8-13(12)14/h4-5,8,16H,2-3,6-7,10H2,1H3. The van der Waals surface area contributed by atoms with Gasteiger partial charge in [-0.15, -0.1) is 0 Å². The maximum Gasteiger partial charge on any atom is 0.129 e. The fourth-order valence-electron chi connectivity index (χ4n) is 1.43. The fourth-order valence-corrected chi connectivity index (χ4v) is 1.43. The number of benzene rings is 1. The van der Waals surface area contributed by atoms with E-state index in [9.17, 15) is 4.39 Å². The summed E-state index contributed by atoms with van der Waals surface area (Å²) in [5, 5.41) is 11.7. The summed E-state index contributed by atoms with van der Waals surface area (Å²) >= 11 is 0. The smallest absolute Gasteiger partial charge is 0.129 e. The molecule has 0 bridgehead atoms. The number of hydrogen-bond acceptors (Lipinski definition) is 3. The van der Waals surface area contributed by atoms with Crippen molar-refractivity contribution in [2.75, 3.05) is 19.8 Å². The number of ether oxygens (including phenoxy) is 1. The van der Waals surface area contributed by atoms with Gasteiger partial charge in [-0.3, -0.25) is 0 Å². The predicted molar refractivity (Wildman–Crippen MR) is 63.9 cm³/mol. The van der Waals surface area contributed by atoms with Crippen LogP contribution in [0.4, 0.5) is 4.39 Å². The van der Waals surface area contributed by atoms with Crippen molar-refractivity contribution < 1.29 is 9.13 Å². The van der Waals surface area contributed by atoms with Crippen molar-refractivity contribution in [1.29, 1.82) is 5.26 Å². The zero-order valence-electron chi connectivity index (χ0n) is 10.0. The van der Waals surface area contributed by atoms with Gasteiger partial charge in [-0.25, -0.2) is 4.39 Å². The number of nitrogens with one attached hydrogen (secondary N) is 1. The van der Waals surface area contributed by atoms with E-state index in [1.165, 1.54) is 6.07 Å². The largest absolute Gasteiger partial charge is 0.382 e. The van der Waals surface area contributed by atoms with Crippen molar-refractivity contribution in [1.82, 2.24) is 5.32 Å². The summed E-state index contributed by atoms with van der Waals surface area (Å²) in [6, 6.07) is 6.44. The van der Waals surface area contributed by atoms with Crippen molar-refractivity contribution in [3.05, 3.63) is 35.1 Å². The summed E-state index contributed by atoms with van der Waals surface area (Å²) in [6.45, 7) is 4.67. The normalized spacial score (nSPS) is 10.2. The second-order valence-electron chi connectivity index (χ2n) is 3.65. The van der Waals surface area contributed by atoms with Crippen LogP contribution >= 0.6 is 0 Å². The van der Waals surface area contributed by atoms with Crippen LogP contribution in [0.1, 0.15) is 24.5 Å². The molecule has 17 heavy (non-hydrogen) atoms. The third-order valence-corrected chi connectivity index (χ3v) is 2.34. The Hall–Kier alpha value is -1.44. The molecule has 0 aromatic heterocycles. The van der Waals surface area contributed by atoms with E-state index in [2.05, 4.69) is 5.32 Å². The van der Waals surface area contributed by atoms with Crippen LogP contribution in [-0.4, -0.2) is 19.8 Å². The minimum absolute atomic E-state index is 0.332.